The van der Waals surface area contributed by atoms with Crippen LogP contribution in [0.15, 0.2) is 36.7 Å². The van der Waals surface area contributed by atoms with Gasteiger partial charge < -0.3 is 9.88 Å². The van der Waals surface area contributed by atoms with Crippen LogP contribution < -0.4 is 5.32 Å². The van der Waals surface area contributed by atoms with Crippen LogP contribution in [0.4, 0.5) is 0 Å². The Morgan fingerprint density at radius 2 is 2.00 bits per heavy atom. The van der Waals surface area contributed by atoms with Gasteiger partial charge in [0.25, 0.3) is 0 Å². The molecule has 102 valence electrons. The van der Waals surface area contributed by atoms with Crippen molar-refractivity contribution in [1.82, 2.24) is 20.1 Å². The fourth-order valence-corrected chi connectivity index (χ4v) is 2.10. The fourth-order valence-electron chi connectivity index (χ4n) is 2.10. The van der Waals surface area contributed by atoms with E-state index in [1.807, 2.05) is 0 Å². The molecule has 0 saturated carbocycles. The van der Waals surface area contributed by atoms with Gasteiger partial charge in [-0.1, -0.05) is 30.3 Å². The highest BCUT2D eigenvalue weighted by molar-refractivity contribution is 5.14. The minimum Gasteiger partial charge on any atom is -0.317 e. The van der Waals surface area contributed by atoms with Crippen LogP contribution in [0, 0.1) is 0 Å². The summed E-state index contributed by atoms with van der Waals surface area (Å²) in [6, 6.07) is 10.7. The van der Waals surface area contributed by atoms with E-state index >= 15 is 0 Å². The first kappa shape index (κ1) is 13.7. The predicted molar refractivity (Wildman–Crippen MR) is 76.8 cm³/mol. The van der Waals surface area contributed by atoms with Crippen LogP contribution in [0.25, 0.3) is 0 Å². The van der Waals surface area contributed by atoms with Gasteiger partial charge in [0.1, 0.15) is 12.2 Å². The highest BCUT2D eigenvalue weighted by Crippen LogP contribution is 2.04. The second-order valence-electron chi connectivity index (χ2n) is 4.65. The number of nitrogens with one attached hydrogen (secondary N) is 1. The molecule has 0 aliphatic heterocycles. The molecule has 4 nitrogen and oxygen atoms in total. The Kier molecular flexibility index (Phi) is 5.56. The van der Waals surface area contributed by atoms with Crippen molar-refractivity contribution in [3.05, 3.63) is 48.0 Å². The van der Waals surface area contributed by atoms with Crippen LogP contribution in [-0.2, 0) is 19.5 Å². The summed E-state index contributed by atoms with van der Waals surface area (Å²) in [5, 5.41) is 11.4. The number of unbranched alkanes of at least 4 members (excludes halogenated alkanes) is 1. The van der Waals surface area contributed by atoms with Crippen LogP contribution in [-0.4, -0.2) is 21.3 Å². The van der Waals surface area contributed by atoms with E-state index in [1.54, 1.807) is 6.33 Å². The molecule has 1 heterocycles. The average Bonchev–Trinajstić information content (AvgIpc) is 2.91. The molecule has 0 aliphatic rings. The van der Waals surface area contributed by atoms with E-state index in [0.717, 1.165) is 31.9 Å². The maximum atomic E-state index is 4.10. The molecule has 0 bridgehead atoms. The third kappa shape index (κ3) is 4.48. The van der Waals surface area contributed by atoms with Gasteiger partial charge in [0, 0.05) is 6.54 Å². The van der Waals surface area contributed by atoms with Crippen molar-refractivity contribution in [1.29, 1.82) is 0 Å². The first-order valence-electron chi connectivity index (χ1n) is 7.01. The van der Waals surface area contributed by atoms with Crippen molar-refractivity contribution in [2.24, 2.45) is 0 Å². The lowest BCUT2D eigenvalue weighted by Crippen LogP contribution is -2.18. The lowest BCUT2D eigenvalue weighted by molar-refractivity contribution is 0.583. The van der Waals surface area contributed by atoms with Gasteiger partial charge in [-0.05, 0) is 38.3 Å². The third-order valence-corrected chi connectivity index (χ3v) is 3.23. The Balaban J connectivity index is 1.58. The maximum Gasteiger partial charge on any atom is 0.146 e. The molecule has 0 fully saturated rings. The normalized spacial score (nSPS) is 10.8. The van der Waals surface area contributed by atoms with Gasteiger partial charge >= 0.3 is 0 Å². The van der Waals surface area contributed by atoms with E-state index in [1.165, 1.54) is 18.4 Å². The van der Waals surface area contributed by atoms with Crippen molar-refractivity contribution in [3.8, 4) is 0 Å². The number of hydrogen-bond donors (Lipinski definition) is 1. The van der Waals surface area contributed by atoms with Crippen LogP contribution in [0.5, 0.6) is 0 Å². The molecule has 0 saturated heterocycles. The minimum absolute atomic E-state index is 0.805. The Bertz CT molecular complexity index is 464. The van der Waals surface area contributed by atoms with Crippen LogP contribution >= 0.6 is 0 Å². The van der Waals surface area contributed by atoms with Gasteiger partial charge in [0.2, 0.25) is 0 Å². The SMILES string of the molecule is CCn1cnnc1CNCCCCc1ccccc1. The monoisotopic (exact) mass is 258 g/mol. The predicted octanol–water partition coefficient (Wildman–Crippen LogP) is 2.41. The first-order valence-corrected chi connectivity index (χ1v) is 7.01. The number of aromatic nitrogens is 3. The van der Waals surface area contributed by atoms with Crippen LogP contribution in [0.3, 0.4) is 0 Å². The maximum absolute atomic E-state index is 4.10. The lowest BCUT2D eigenvalue weighted by atomic mass is 10.1. The fraction of sp³-hybridized carbons (Fsp3) is 0.467. The summed E-state index contributed by atoms with van der Waals surface area (Å²) in [7, 11) is 0. The lowest BCUT2D eigenvalue weighted by Gasteiger charge is -2.05. The molecule has 1 N–H and O–H groups in total. The molecule has 0 aliphatic carbocycles. The van der Waals surface area contributed by atoms with Crippen molar-refractivity contribution in [3.63, 3.8) is 0 Å². The van der Waals surface area contributed by atoms with Gasteiger partial charge in [-0.2, -0.15) is 0 Å². The summed E-state index contributed by atoms with van der Waals surface area (Å²) in [4.78, 5) is 0. The Labute approximate surface area is 114 Å². The second-order valence-corrected chi connectivity index (χ2v) is 4.65. The quantitative estimate of drug-likeness (QED) is 0.739. The standard InChI is InChI=1S/C15H22N4/c1-2-19-13-17-18-15(19)12-16-11-7-6-10-14-8-4-3-5-9-14/h3-5,8-9,13,16H,2,6-7,10-12H2,1H3. The molecule has 0 unspecified atom stereocenters. The molecule has 1 aromatic carbocycles. The van der Waals surface area contributed by atoms with Gasteiger partial charge in [-0.15, -0.1) is 10.2 Å². The molecule has 0 spiro atoms. The van der Waals surface area contributed by atoms with E-state index in [0.29, 0.717) is 0 Å². The minimum atomic E-state index is 0.805. The Morgan fingerprint density at radius 1 is 1.16 bits per heavy atom. The number of nitrogens with zero attached hydrogens (tertiary/aromatic N) is 3. The van der Waals surface area contributed by atoms with E-state index in [4.69, 9.17) is 0 Å². The topological polar surface area (TPSA) is 42.7 Å². The highest BCUT2D eigenvalue weighted by Gasteiger charge is 2.00. The molecule has 2 aromatic rings. The first-order chi connectivity index (χ1) is 9.40. The molecule has 0 amide bonds. The molecular weight excluding hydrogens is 236 g/mol. The average molecular weight is 258 g/mol. The zero-order valence-electron chi connectivity index (χ0n) is 11.5. The summed E-state index contributed by atoms with van der Waals surface area (Å²) in [5.41, 5.74) is 1.42. The Morgan fingerprint density at radius 3 is 2.79 bits per heavy atom. The third-order valence-electron chi connectivity index (χ3n) is 3.23. The van der Waals surface area contributed by atoms with Crippen LogP contribution in [0.2, 0.25) is 0 Å². The molecule has 2 rings (SSSR count). The summed E-state index contributed by atoms with van der Waals surface area (Å²) >= 11 is 0. The van der Waals surface area contributed by atoms with E-state index in [2.05, 4.69) is 57.3 Å². The zero-order chi connectivity index (χ0) is 13.3. The van der Waals surface area contributed by atoms with Gasteiger partial charge in [-0.3, -0.25) is 0 Å². The largest absolute Gasteiger partial charge is 0.317 e. The number of rotatable bonds is 8. The smallest absolute Gasteiger partial charge is 0.146 e. The highest BCUT2D eigenvalue weighted by atomic mass is 15.3. The summed E-state index contributed by atoms with van der Waals surface area (Å²) in [6.07, 6.45) is 5.35. The van der Waals surface area contributed by atoms with Crippen LogP contribution in [0.1, 0.15) is 31.2 Å². The van der Waals surface area contributed by atoms with Gasteiger partial charge in [0.15, 0.2) is 0 Å². The van der Waals surface area contributed by atoms with E-state index in [-0.39, 0.29) is 0 Å². The molecule has 19 heavy (non-hydrogen) atoms. The second kappa shape index (κ2) is 7.69. The Hall–Kier alpha value is -1.68. The van der Waals surface area contributed by atoms with Gasteiger partial charge in [-0.25, -0.2) is 0 Å². The van der Waals surface area contributed by atoms with Crippen molar-refractivity contribution >= 4 is 0 Å². The molecule has 1 aromatic heterocycles. The van der Waals surface area contributed by atoms with Gasteiger partial charge in [0.05, 0.1) is 6.54 Å². The van der Waals surface area contributed by atoms with E-state index < -0.39 is 0 Å². The summed E-state index contributed by atoms with van der Waals surface area (Å²) in [5.74, 6) is 1.02. The van der Waals surface area contributed by atoms with Crippen molar-refractivity contribution < 1.29 is 0 Å². The number of benzene rings is 1. The zero-order valence-corrected chi connectivity index (χ0v) is 11.5. The molecule has 0 radical (unpaired) electrons. The number of aryl methyl sites for hydroxylation is 2. The molecular formula is C15H22N4. The molecule has 4 heteroatoms. The summed E-state index contributed by atoms with van der Waals surface area (Å²) < 4.78 is 2.07. The molecule has 0 atom stereocenters. The van der Waals surface area contributed by atoms with Crippen molar-refractivity contribution in [2.45, 2.75) is 39.3 Å². The number of hydrogen-bond acceptors (Lipinski definition) is 3. The van der Waals surface area contributed by atoms with Crippen molar-refractivity contribution in [2.75, 3.05) is 6.54 Å². The van der Waals surface area contributed by atoms with E-state index in [9.17, 15) is 0 Å². The summed E-state index contributed by atoms with van der Waals surface area (Å²) in [6.45, 7) is 4.87.